The Bertz CT molecular complexity index is 1360. The van der Waals surface area contributed by atoms with Crippen molar-refractivity contribution >= 4 is 38.9 Å². The van der Waals surface area contributed by atoms with Crippen molar-refractivity contribution in [3.8, 4) is 0 Å². The molecule has 2 atom stereocenters. The summed E-state index contributed by atoms with van der Waals surface area (Å²) in [6.07, 6.45) is 4.92. The lowest BCUT2D eigenvalue weighted by Gasteiger charge is -2.28. The maximum Gasteiger partial charge on any atom is 0.510 e. The fourth-order valence-corrected chi connectivity index (χ4v) is 5.80. The molecule has 0 spiro atoms. The van der Waals surface area contributed by atoms with Crippen LogP contribution in [0.15, 0.2) is 47.8 Å². The number of ether oxygens (including phenoxy) is 2. The third kappa shape index (κ3) is 6.58. The smallest absolute Gasteiger partial charge is 0.435 e. The molecule has 0 bridgehead atoms. The summed E-state index contributed by atoms with van der Waals surface area (Å²) >= 11 is 0. The summed E-state index contributed by atoms with van der Waals surface area (Å²) in [5, 5.41) is 3.78. The summed E-state index contributed by atoms with van der Waals surface area (Å²) in [5.74, 6) is 0.107. The lowest BCUT2D eigenvalue weighted by atomic mass is 10.1. The Morgan fingerprint density at radius 1 is 1.29 bits per heavy atom. The second kappa shape index (κ2) is 12.2. The molecule has 1 aliphatic heterocycles. The average Bonchev–Trinajstić information content (AvgIpc) is 3.57. The minimum atomic E-state index is -4.13. The number of aromatic nitrogens is 3. The molecule has 0 radical (unpaired) electrons. The predicted molar refractivity (Wildman–Crippen MR) is 140 cm³/mol. The van der Waals surface area contributed by atoms with Crippen LogP contribution in [0.4, 0.5) is 10.7 Å². The van der Waals surface area contributed by atoms with Gasteiger partial charge >= 0.3 is 6.16 Å². The first-order chi connectivity index (χ1) is 18.3. The van der Waals surface area contributed by atoms with Gasteiger partial charge in [-0.2, -0.15) is 4.72 Å². The third-order valence-electron chi connectivity index (χ3n) is 6.13. The van der Waals surface area contributed by atoms with Gasteiger partial charge in [-0.15, -0.1) is 0 Å². The molecule has 2 aromatic heterocycles. The number of amides is 1. The highest BCUT2D eigenvalue weighted by Gasteiger charge is 2.37. The summed E-state index contributed by atoms with van der Waals surface area (Å²) in [6, 6.07) is 5.66. The zero-order valence-corrected chi connectivity index (χ0v) is 22.2. The Morgan fingerprint density at radius 2 is 2.13 bits per heavy atom. The van der Waals surface area contributed by atoms with Crippen molar-refractivity contribution < 1.29 is 27.5 Å². The number of pyridine rings is 1. The molecule has 1 fully saturated rings. The number of aryl methyl sites for hydroxylation is 1. The maximum atomic E-state index is 13.6. The highest BCUT2D eigenvalue weighted by molar-refractivity contribution is 7.89. The first-order valence-electron chi connectivity index (χ1n) is 12.5. The van der Waals surface area contributed by atoms with Gasteiger partial charge in [0.25, 0.3) is 0 Å². The Kier molecular flexibility index (Phi) is 8.79. The highest BCUT2D eigenvalue weighted by atomic mass is 32.2. The van der Waals surface area contributed by atoms with Gasteiger partial charge in [-0.25, -0.2) is 18.2 Å². The minimum Gasteiger partial charge on any atom is -0.435 e. The number of rotatable bonds is 11. The van der Waals surface area contributed by atoms with E-state index < -0.39 is 34.4 Å². The van der Waals surface area contributed by atoms with Crippen LogP contribution in [-0.4, -0.2) is 72.3 Å². The van der Waals surface area contributed by atoms with Crippen molar-refractivity contribution in [2.75, 3.05) is 25.0 Å². The quantitative estimate of drug-likeness (QED) is 0.244. The van der Waals surface area contributed by atoms with Gasteiger partial charge in [-0.3, -0.25) is 9.78 Å². The van der Waals surface area contributed by atoms with Crippen molar-refractivity contribution in [3.63, 3.8) is 0 Å². The number of H-pyrrole nitrogens is 1. The van der Waals surface area contributed by atoms with Crippen molar-refractivity contribution in [2.45, 2.75) is 56.7 Å². The first-order valence-corrected chi connectivity index (χ1v) is 14.0. The molecule has 1 aliphatic rings. The molecule has 1 saturated heterocycles. The predicted octanol–water partition coefficient (Wildman–Crippen LogP) is 2.93. The standard InChI is InChI=1S/C25H32N6O6S/c1-3-36-25(33)37-21-10-6-14-31(21)23(32)19(8-5-11-26-24-27-12-13-28-24)30-38(34,35)20-9-4-7-18-15-17(2)16-29-22(18)20/h4,7,9,12-13,15-16,19,21,30H,3,5-6,8,10-11,14H2,1-2H3,(H2,26,27,28)/t19-,21+/m0/s1. The molecular weight excluding hydrogens is 512 g/mol. The molecule has 3 aromatic rings. The number of sulfonamides is 1. The summed E-state index contributed by atoms with van der Waals surface area (Å²) < 4.78 is 39.9. The molecule has 0 aliphatic carbocycles. The van der Waals surface area contributed by atoms with Gasteiger partial charge in [0.2, 0.25) is 15.9 Å². The van der Waals surface area contributed by atoms with Gasteiger partial charge in [-0.05, 0) is 50.8 Å². The zero-order valence-electron chi connectivity index (χ0n) is 21.3. The molecule has 1 amide bonds. The van der Waals surface area contributed by atoms with Crippen LogP contribution < -0.4 is 10.0 Å². The lowest BCUT2D eigenvalue weighted by Crippen LogP contribution is -2.51. The second-order valence-corrected chi connectivity index (χ2v) is 10.6. The van der Waals surface area contributed by atoms with Crippen molar-refractivity contribution in [1.29, 1.82) is 0 Å². The summed E-state index contributed by atoms with van der Waals surface area (Å²) in [6.45, 7) is 4.47. The van der Waals surface area contributed by atoms with Crippen LogP contribution in [-0.2, 0) is 24.3 Å². The number of imidazole rings is 1. The van der Waals surface area contributed by atoms with E-state index in [1.807, 2.05) is 13.0 Å². The van der Waals surface area contributed by atoms with Crippen molar-refractivity contribution in [2.24, 2.45) is 0 Å². The number of para-hydroxylation sites is 1. The molecule has 0 saturated carbocycles. The van der Waals surface area contributed by atoms with Gasteiger partial charge in [-0.1, -0.05) is 12.1 Å². The van der Waals surface area contributed by atoms with E-state index in [1.165, 1.54) is 11.0 Å². The van der Waals surface area contributed by atoms with E-state index in [-0.39, 0.29) is 17.9 Å². The molecule has 38 heavy (non-hydrogen) atoms. The number of hydrogen-bond donors (Lipinski definition) is 3. The first kappa shape index (κ1) is 27.3. The number of anilines is 1. The Hall–Kier alpha value is -3.71. The van der Waals surface area contributed by atoms with Gasteiger partial charge in [0.15, 0.2) is 12.2 Å². The van der Waals surface area contributed by atoms with Crippen LogP contribution in [0.2, 0.25) is 0 Å². The van der Waals surface area contributed by atoms with Gasteiger partial charge < -0.3 is 24.7 Å². The largest absolute Gasteiger partial charge is 0.510 e. The molecule has 13 heteroatoms. The van der Waals surface area contributed by atoms with E-state index in [9.17, 15) is 18.0 Å². The van der Waals surface area contributed by atoms with Crippen LogP contribution in [0.3, 0.4) is 0 Å². The number of carbonyl (C=O) groups excluding carboxylic acids is 2. The molecule has 4 rings (SSSR count). The zero-order chi connectivity index (χ0) is 27.1. The fourth-order valence-electron chi connectivity index (χ4n) is 4.39. The Morgan fingerprint density at radius 3 is 2.89 bits per heavy atom. The second-order valence-electron chi connectivity index (χ2n) is 8.95. The molecule has 3 N–H and O–H groups in total. The van der Waals surface area contributed by atoms with E-state index in [0.717, 1.165) is 5.56 Å². The van der Waals surface area contributed by atoms with E-state index >= 15 is 0 Å². The van der Waals surface area contributed by atoms with E-state index in [2.05, 4.69) is 25.0 Å². The number of nitrogens with one attached hydrogen (secondary N) is 3. The number of aromatic amines is 1. The van der Waals surface area contributed by atoms with Crippen molar-refractivity contribution in [3.05, 3.63) is 48.4 Å². The summed E-state index contributed by atoms with van der Waals surface area (Å²) in [7, 11) is -4.13. The molecule has 1 aromatic carbocycles. The third-order valence-corrected chi connectivity index (χ3v) is 7.63. The normalized spacial score (nSPS) is 16.4. The van der Waals surface area contributed by atoms with Crippen LogP contribution in [0, 0.1) is 6.92 Å². The topological polar surface area (TPSA) is 156 Å². The number of likely N-dealkylation sites (tertiary alicyclic amines) is 1. The van der Waals surface area contributed by atoms with Gasteiger partial charge in [0.05, 0.1) is 12.1 Å². The molecular formula is C25H32N6O6S. The van der Waals surface area contributed by atoms with Gasteiger partial charge in [0.1, 0.15) is 10.9 Å². The summed E-state index contributed by atoms with van der Waals surface area (Å²) in [4.78, 5) is 38.3. The van der Waals surface area contributed by atoms with E-state index in [4.69, 9.17) is 9.47 Å². The van der Waals surface area contributed by atoms with E-state index in [0.29, 0.717) is 49.2 Å². The highest BCUT2D eigenvalue weighted by Crippen LogP contribution is 2.24. The minimum absolute atomic E-state index is 0.0118. The van der Waals surface area contributed by atoms with Crippen LogP contribution in [0.5, 0.6) is 0 Å². The number of nitrogens with zero attached hydrogens (tertiary/aromatic N) is 3. The average molecular weight is 545 g/mol. The number of benzene rings is 1. The number of fused-ring (bicyclic) bond motifs is 1. The number of hydrogen-bond acceptors (Lipinski definition) is 9. The number of carbonyl (C=O) groups is 2. The van der Waals surface area contributed by atoms with Crippen LogP contribution >= 0.6 is 0 Å². The van der Waals surface area contributed by atoms with Crippen LogP contribution in [0.1, 0.15) is 38.2 Å². The molecule has 3 heterocycles. The Balaban J connectivity index is 1.55. The van der Waals surface area contributed by atoms with Crippen LogP contribution in [0.25, 0.3) is 10.9 Å². The van der Waals surface area contributed by atoms with Gasteiger partial charge in [0, 0.05) is 43.5 Å². The Labute approximate surface area is 221 Å². The fraction of sp³-hybridized carbons (Fsp3) is 0.440. The molecule has 204 valence electrons. The summed E-state index contributed by atoms with van der Waals surface area (Å²) in [5.41, 5.74) is 1.22. The SMILES string of the molecule is CCOC(=O)O[C@@H]1CCCN1C(=O)[C@H](CCCNc1ncc[nH]1)NS(=O)(=O)c1cccc2cc(C)cnc12. The molecule has 0 unspecified atom stereocenters. The monoisotopic (exact) mass is 544 g/mol. The van der Waals surface area contributed by atoms with E-state index in [1.54, 1.807) is 37.6 Å². The van der Waals surface area contributed by atoms with Crippen molar-refractivity contribution in [1.82, 2.24) is 24.6 Å². The maximum absolute atomic E-state index is 13.6. The molecule has 12 nitrogen and oxygen atoms in total. The lowest BCUT2D eigenvalue weighted by molar-refractivity contribution is -0.141.